The fourth-order valence-corrected chi connectivity index (χ4v) is 3.83. The molecule has 0 aliphatic rings. The minimum absolute atomic E-state index is 0.0556. The average molecular weight is 474 g/mol. The lowest BCUT2D eigenvalue weighted by Crippen LogP contribution is -2.29. The highest BCUT2D eigenvalue weighted by Gasteiger charge is 2.21. The monoisotopic (exact) mass is 473 g/mol. The lowest BCUT2D eigenvalue weighted by Gasteiger charge is -2.15. The number of rotatable bonds is 9. The molecule has 2 aromatic carbocycles. The first kappa shape index (κ1) is 23.5. The van der Waals surface area contributed by atoms with E-state index in [9.17, 15) is 14.0 Å². The van der Waals surface area contributed by atoms with Gasteiger partial charge < -0.3 is 15.2 Å². The highest BCUT2D eigenvalue weighted by Crippen LogP contribution is 2.23. The van der Waals surface area contributed by atoms with Gasteiger partial charge in [-0.05, 0) is 31.2 Å². The van der Waals surface area contributed by atoms with E-state index >= 15 is 0 Å². The van der Waals surface area contributed by atoms with Gasteiger partial charge >= 0.3 is 0 Å². The van der Waals surface area contributed by atoms with Gasteiger partial charge in [-0.15, -0.1) is 16.8 Å². The van der Waals surface area contributed by atoms with E-state index in [1.54, 1.807) is 47.9 Å². The Morgan fingerprint density at radius 3 is 2.66 bits per heavy atom. The summed E-state index contributed by atoms with van der Waals surface area (Å²) < 4.78 is 15.6. The number of nitrogens with one attached hydrogen (secondary N) is 2. The maximum absolute atomic E-state index is 13.9. The van der Waals surface area contributed by atoms with Crippen LogP contribution in [0.3, 0.4) is 0 Å². The minimum Gasteiger partial charge on any atom is -0.342 e. The van der Waals surface area contributed by atoms with E-state index in [1.807, 2.05) is 0 Å². The van der Waals surface area contributed by atoms with E-state index in [1.165, 1.54) is 30.0 Å². The van der Waals surface area contributed by atoms with Crippen LogP contribution < -0.4 is 10.6 Å². The third kappa shape index (κ3) is 5.74. The molecule has 0 radical (unpaired) electrons. The SMILES string of the molecule is C=CCn1c(SCC(=O)Nc2ccccc2Cl)nnc1[C@@H](C)NC(=O)c1ccccc1F. The molecule has 10 heteroatoms. The zero-order valence-corrected chi connectivity index (χ0v) is 18.8. The average Bonchev–Trinajstić information content (AvgIpc) is 3.17. The molecule has 0 fully saturated rings. The summed E-state index contributed by atoms with van der Waals surface area (Å²) >= 11 is 7.26. The first-order chi connectivity index (χ1) is 15.4. The highest BCUT2D eigenvalue weighted by atomic mass is 35.5. The Kier molecular flexibility index (Phi) is 8.02. The number of hydrogen-bond acceptors (Lipinski definition) is 5. The molecule has 3 aromatic rings. The number of thioether (sulfide) groups is 1. The lowest BCUT2D eigenvalue weighted by molar-refractivity contribution is -0.113. The van der Waals surface area contributed by atoms with Gasteiger partial charge in [0.25, 0.3) is 5.91 Å². The van der Waals surface area contributed by atoms with Crippen molar-refractivity contribution in [3.05, 3.63) is 83.4 Å². The molecule has 0 bridgehead atoms. The number of carbonyl (C=O) groups is 2. The molecule has 1 aromatic heterocycles. The summed E-state index contributed by atoms with van der Waals surface area (Å²) in [5.74, 6) is -0.874. The molecule has 1 heterocycles. The Hall–Kier alpha value is -3.17. The molecule has 1 atom stereocenters. The molecule has 0 unspecified atom stereocenters. The number of para-hydroxylation sites is 1. The smallest absolute Gasteiger partial charge is 0.254 e. The number of carbonyl (C=O) groups excluding carboxylic acids is 2. The number of hydrogen-bond donors (Lipinski definition) is 2. The number of nitrogens with zero attached hydrogens (tertiary/aromatic N) is 3. The molecule has 0 aliphatic carbocycles. The molecule has 0 saturated heterocycles. The van der Waals surface area contributed by atoms with Gasteiger partial charge in [0.05, 0.1) is 28.1 Å². The Labute approximate surface area is 194 Å². The molecule has 2 N–H and O–H groups in total. The predicted molar refractivity (Wildman–Crippen MR) is 123 cm³/mol. The summed E-state index contributed by atoms with van der Waals surface area (Å²) in [7, 11) is 0. The molecule has 166 valence electrons. The Balaban J connectivity index is 1.68. The zero-order valence-electron chi connectivity index (χ0n) is 17.2. The van der Waals surface area contributed by atoms with Crippen LogP contribution in [-0.4, -0.2) is 32.3 Å². The molecule has 3 rings (SSSR count). The van der Waals surface area contributed by atoms with E-state index in [0.717, 1.165) is 0 Å². The first-order valence-corrected chi connectivity index (χ1v) is 11.0. The second-order valence-corrected chi connectivity index (χ2v) is 8.08. The standard InChI is InChI=1S/C22H21ClFN5O2S/c1-3-12-29-20(14(2)25-21(31)15-8-4-6-10-17(15)24)27-28-22(29)32-13-19(30)26-18-11-7-5-9-16(18)23/h3-11,14H,1,12-13H2,2H3,(H,25,31)(H,26,30)/t14-/m1/s1. The van der Waals surface area contributed by atoms with Crippen molar-refractivity contribution in [3.8, 4) is 0 Å². The van der Waals surface area contributed by atoms with E-state index in [0.29, 0.717) is 28.2 Å². The minimum atomic E-state index is -0.606. The number of aromatic nitrogens is 3. The number of benzene rings is 2. The van der Waals surface area contributed by atoms with Crippen molar-refractivity contribution in [2.75, 3.05) is 11.1 Å². The van der Waals surface area contributed by atoms with E-state index in [-0.39, 0.29) is 17.2 Å². The Bertz CT molecular complexity index is 1140. The summed E-state index contributed by atoms with van der Waals surface area (Å²) in [5, 5.41) is 14.7. The zero-order chi connectivity index (χ0) is 23.1. The molecule has 32 heavy (non-hydrogen) atoms. The largest absolute Gasteiger partial charge is 0.342 e. The summed E-state index contributed by atoms with van der Waals surface area (Å²) in [6.45, 7) is 5.84. The molecular weight excluding hydrogens is 453 g/mol. The van der Waals surface area contributed by atoms with E-state index in [2.05, 4.69) is 27.4 Å². The molecular formula is C22H21ClFN5O2S. The highest BCUT2D eigenvalue weighted by molar-refractivity contribution is 7.99. The summed E-state index contributed by atoms with van der Waals surface area (Å²) in [6, 6.07) is 12.1. The quantitative estimate of drug-likeness (QED) is 0.353. The molecule has 7 nitrogen and oxygen atoms in total. The molecule has 2 amide bonds. The second kappa shape index (κ2) is 10.9. The van der Waals surface area contributed by atoms with Gasteiger partial charge in [0.15, 0.2) is 11.0 Å². The fourth-order valence-electron chi connectivity index (χ4n) is 2.89. The summed E-state index contributed by atoms with van der Waals surface area (Å²) in [4.78, 5) is 24.8. The lowest BCUT2D eigenvalue weighted by atomic mass is 10.2. The van der Waals surface area contributed by atoms with Crippen molar-refractivity contribution >= 4 is 40.9 Å². The molecule has 0 saturated carbocycles. The molecule has 0 spiro atoms. The molecule has 0 aliphatic heterocycles. The van der Waals surface area contributed by atoms with Crippen LogP contribution in [0.2, 0.25) is 5.02 Å². The van der Waals surface area contributed by atoms with Crippen LogP contribution in [-0.2, 0) is 11.3 Å². The van der Waals surface area contributed by atoms with Gasteiger partial charge in [0.2, 0.25) is 5.91 Å². The number of allylic oxidation sites excluding steroid dienone is 1. The van der Waals surface area contributed by atoms with E-state index < -0.39 is 17.8 Å². The van der Waals surface area contributed by atoms with Gasteiger partial charge in [0, 0.05) is 6.54 Å². The van der Waals surface area contributed by atoms with Gasteiger partial charge in [-0.1, -0.05) is 53.7 Å². The van der Waals surface area contributed by atoms with Gasteiger partial charge in [-0.3, -0.25) is 9.59 Å². The van der Waals surface area contributed by atoms with Gasteiger partial charge in [0.1, 0.15) is 5.82 Å². The fraction of sp³-hybridized carbons (Fsp3) is 0.182. The van der Waals surface area contributed by atoms with Crippen LogP contribution in [0.25, 0.3) is 0 Å². The predicted octanol–water partition coefficient (Wildman–Crippen LogP) is 4.48. The third-order valence-electron chi connectivity index (χ3n) is 4.39. The van der Waals surface area contributed by atoms with Crippen LogP contribution in [0, 0.1) is 5.82 Å². The number of amides is 2. The maximum atomic E-state index is 13.9. The van der Waals surface area contributed by atoms with Crippen molar-refractivity contribution in [2.24, 2.45) is 0 Å². The normalized spacial score (nSPS) is 11.6. The number of halogens is 2. The van der Waals surface area contributed by atoms with Crippen LogP contribution >= 0.6 is 23.4 Å². The van der Waals surface area contributed by atoms with Crippen LogP contribution in [0.15, 0.2) is 66.3 Å². The maximum Gasteiger partial charge on any atom is 0.254 e. The number of anilines is 1. The van der Waals surface area contributed by atoms with Gasteiger partial charge in [-0.25, -0.2) is 4.39 Å². The summed E-state index contributed by atoms with van der Waals surface area (Å²) in [5.41, 5.74) is 0.470. The van der Waals surface area contributed by atoms with Gasteiger partial charge in [-0.2, -0.15) is 0 Å². The van der Waals surface area contributed by atoms with E-state index in [4.69, 9.17) is 11.6 Å². The van der Waals surface area contributed by atoms with Crippen molar-refractivity contribution < 1.29 is 14.0 Å². The van der Waals surface area contributed by atoms with Crippen molar-refractivity contribution in [1.29, 1.82) is 0 Å². The van der Waals surface area contributed by atoms with Crippen molar-refractivity contribution in [2.45, 2.75) is 24.7 Å². The van der Waals surface area contributed by atoms with Crippen LogP contribution in [0.5, 0.6) is 0 Å². The Morgan fingerprint density at radius 2 is 1.94 bits per heavy atom. The topological polar surface area (TPSA) is 88.9 Å². The van der Waals surface area contributed by atoms with Crippen molar-refractivity contribution in [3.63, 3.8) is 0 Å². The van der Waals surface area contributed by atoms with Crippen LogP contribution in [0.4, 0.5) is 10.1 Å². The Morgan fingerprint density at radius 1 is 1.22 bits per heavy atom. The first-order valence-electron chi connectivity index (χ1n) is 9.67. The van der Waals surface area contributed by atoms with Crippen molar-refractivity contribution in [1.82, 2.24) is 20.1 Å². The van der Waals surface area contributed by atoms with Crippen LogP contribution in [0.1, 0.15) is 29.1 Å². The third-order valence-corrected chi connectivity index (χ3v) is 5.69. The second-order valence-electron chi connectivity index (χ2n) is 6.73. The summed E-state index contributed by atoms with van der Waals surface area (Å²) in [6.07, 6.45) is 1.66.